The van der Waals surface area contributed by atoms with Gasteiger partial charge in [0.1, 0.15) is 6.33 Å². The molecule has 1 aromatic heterocycles. The number of para-hydroxylation sites is 1. The highest BCUT2D eigenvalue weighted by atomic mass is 35.5. The highest BCUT2D eigenvalue weighted by molar-refractivity contribution is 6.33. The molecule has 0 saturated carbocycles. The van der Waals surface area contributed by atoms with E-state index >= 15 is 0 Å². The SMILES string of the molecule is O=C(c1ccc(-n2cnnn2)cc1)N1CCN(c2ccccc2Cl)CC1. The van der Waals surface area contributed by atoms with Crippen molar-refractivity contribution in [3.8, 4) is 5.69 Å². The van der Waals surface area contributed by atoms with Crippen molar-refractivity contribution < 1.29 is 4.79 Å². The number of halogens is 1. The lowest BCUT2D eigenvalue weighted by molar-refractivity contribution is 0.0747. The summed E-state index contributed by atoms with van der Waals surface area (Å²) in [6, 6.07) is 15.1. The van der Waals surface area contributed by atoms with Crippen LogP contribution in [0.2, 0.25) is 5.02 Å². The Kier molecular flexibility index (Phi) is 4.53. The first-order chi connectivity index (χ1) is 12.7. The second-order valence-electron chi connectivity index (χ2n) is 6.03. The lowest BCUT2D eigenvalue weighted by Gasteiger charge is -2.36. The number of anilines is 1. The van der Waals surface area contributed by atoms with Gasteiger partial charge >= 0.3 is 0 Å². The molecule has 2 heterocycles. The first-order valence-electron chi connectivity index (χ1n) is 8.34. The van der Waals surface area contributed by atoms with Crippen molar-refractivity contribution in [1.29, 1.82) is 0 Å². The first kappa shape index (κ1) is 16.5. The molecule has 1 amide bonds. The van der Waals surface area contributed by atoms with Gasteiger partial charge in [-0.1, -0.05) is 23.7 Å². The van der Waals surface area contributed by atoms with Crippen LogP contribution in [0.25, 0.3) is 5.69 Å². The van der Waals surface area contributed by atoms with Gasteiger partial charge in [-0.25, -0.2) is 4.68 Å². The van der Waals surface area contributed by atoms with E-state index < -0.39 is 0 Å². The van der Waals surface area contributed by atoms with E-state index in [2.05, 4.69) is 20.4 Å². The maximum absolute atomic E-state index is 12.7. The van der Waals surface area contributed by atoms with Crippen molar-refractivity contribution in [2.45, 2.75) is 0 Å². The zero-order valence-corrected chi connectivity index (χ0v) is 14.8. The molecule has 1 aliphatic heterocycles. The Morgan fingerprint density at radius 3 is 2.35 bits per heavy atom. The molecule has 1 aliphatic rings. The Morgan fingerprint density at radius 1 is 0.962 bits per heavy atom. The molecule has 1 fully saturated rings. The Hall–Kier alpha value is -2.93. The highest BCUT2D eigenvalue weighted by Gasteiger charge is 2.23. The van der Waals surface area contributed by atoms with Crippen LogP contribution in [-0.4, -0.2) is 57.2 Å². The summed E-state index contributed by atoms with van der Waals surface area (Å²) in [6.07, 6.45) is 1.52. The van der Waals surface area contributed by atoms with Crippen LogP contribution in [0, 0.1) is 0 Å². The maximum atomic E-state index is 12.7. The third-order valence-corrected chi connectivity index (χ3v) is 4.81. The molecule has 1 saturated heterocycles. The monoisotopic (exact) mass is 368 g/mol. The molecule has 0 N–H and O–H groups in total. The van der Waals surface area contributed by atoms with Crippen molar-refractivity contribution in [1.82, 2.24) is 25.1 Å². The van der Waals surface area contributed by atoms with Gasteiger partial charge in [-0.3, -0.25) is 4.79 Å². The minimum Gasteiger partial charge on any atom is -0.367 e. The average Bonchev–Trinajstić information content (AvgIpc) is 3.23. The largest absolute Gasteiger partial charge is 0.367 e. The summed E-state index contributed by atoms with van der Waals surface area (Å²) in [7, 11) is 0. The number of piperazine rings is 1. The van der Waals surface area contributed by atoms with Gasteiger partial charge in [0.15, 0.2) is 0 Å². The molecule has 26 heavy (non-hydrogen) atoms. The summed E-state index contributed by atoms with van der Waals surface area (Å²) < 4.78 is 1.55. The van der Waals surface area contributed by atoms with Gasteiger partial charge < -0.3 is 9.80 Å². The smallest absolute Gasteiger partial charge is 0.253 e. The molecule has 4 rings (SSSR count). The summed E-state index contributed by atoms with van der Waals surface area (Å²) in [5.41, 5.74) is 2.50. The van der Waals surface area contributed by atoms with Crippen LogP contribution >= 0.6 is 11.6 Å². The third-order valence-electron chi connectivity index (χ3n) is 4.49. The number of amides is 1. The van der Waals surface area contributed by atoms with Crippen molar-refractivity contribution in [3.05, 3.63) is 65.4 Å². The van der Waals surface area contributed by atoms with E-state index in [1.54, 1.807) is 16.8 Å². The number of hydrogen-bond acceptors (Lipinski definition) is 5. The Labute approximate surface area is 155 Å². The summed E-state index contributed by atoms with van der Waals surface area (Å²) in [5, 5.41) is 11.8. The number of benzene rings is 2. The summed E-state index contributed by atoms with van der Waals surface area (Å²) >= 11 is 6.27. The van der Waals surface area contributed by atoms with Gasteiger partial charge in [-0.2, -0.15) is 0 Å². The average molecular weight is 369 g/mol. The van der Waals surface area contributed by atoms with Gasteiger partial charge in [0.05, 0.1) is 16.4 Å². The molecule has 2 aromatic carbocycles. The molecule has 0 radical (unpaired) electrons. The summed E-state index contributed by atoms with van der Waals surface area (Å²) in [5.74, 6) is 0.0343. The van der Waals surface area contributed by atoms with Crippen LogP contribution in [0.1, 0.15) is 10.4 Å². The molecule has 0 spiro atoms. The van der Waals surface area contributed by atoms with Crippen LogP contribution in [0.5, 0.6) is 0 Å². The molecule has 0 atom stereocenters. The van der Waals surface area contributed by atoms with Crippen LogP contribution in [0.3, 0.4) is 0 Å². The lowest BCUT2D eigenvalue weighted by Crippen LogP contribution is -2.48. The fraction of sp³-hybridized carbons (Fsp3) is 0.222. The number of hydrogen-bond donors (Lipinski definition) is 0. The van der Waals surface area contributed by atoms with E-state index in [9.17, 15) is 4.79 Å². The van der Waals surface area contributed by atoms with Crippen molar-refractivity contribution >= 4 is 23.2 Å². The zero-order chi connectivity index (χ0) is 17.9. The van der Waals surface area contributed by atoms with Gasteiger partial charge in [-0.05, 0) is 46.8 Å². The number of nitrogens with zero attached hydrogens (tertiary/aromatic N) is 6. The minimum atomic E-state index is 0.0343. The normalized spacial score (nSPS) is 14.5. The number of rotatable bonds is 3. The molecule has 132 valence electrons. The number of carbonyl (C=O) groups is 1. The molecule has 7 nitrogen and oxygen atoms in total. The van der Waals surface area contributed by atoms with Gasteiger partial charge in [-0.15, -0.1) is 5.10 Å². The molecular formula is C18H17ClN6O. The van der Waals surface area contributed by atoms with E-state index in [1.807, 2.05) is 41.3 Å². The first-order valence-corrected chi connectivity index (χ1v) is 8.72. The maximum Gasteiger partial charge on any atom is 0.253 e. The lowest BCUT2D eigenvalue weighted by atomic mass is 10.1. The predicted molar refractivity (Wildman–Crippen MR) is 98.7 cm³/mol. The Balaban J connectivity index is 1.41. The molecule has 3 aromatic rings. The van der Waals surface area contributed by atoms with Crippen molar-refractivity contribution in [2.24, 2.45) is 0 Å². The van der Waals surface area contributed by atoms with Crippen molar-refractivity contribution in [3.63, 3.8) is 0 Å². The molecule has 0 bridgehead atoms. The van der Waals surface area contributed by atoms with Crippen molar-refractivity contribution in [2.75, 3.05) is 31.1 Å². The van der Waals surface area contributed by atoms with Gasteiger partial charge in [0.25, 0.3) is 5.91 Å². The Bertz CT molecular complexity index is 888. The van der Waals surface area contributed by atoms with E-state index in [1.165, 1.54) is 6.33 Å². The second kappa shape index (κ2) is 7.13. The summed E-state index contributed by atoms with van der Waals surface area (Å²) in [6.45, 7) is 2.86. The predicted octanol–water partition coefficient (Wildman–Crippen LogP) is 2.28. The van der Waals surface area contributed by atoms with Crippen LogP contribution in [0.15, 0.2) is 54.9 Å². The topological polar surface area (TPSA) is 67.2 Å². The van der Waals surface area contributed by atoms with E-state index in [4.69, 9.17) is 11.6 Å². The van der Waals surface area contributed by atoms with Gasteiger partial charge in [0.2, 0.25) is 0 Å². The molecule has 0 aliphatic carbocycles. The Morgan fingerprint density at radius 2 is 1.69 bits per heavy atom. The molecule has 0 unspecified atom stereocenters. The minimum absolute atomic E-state index is 0.0343. The fourth-order valence-corrected chi connectivity index (χ4v) is 3.33. The second-order valence-corrected chi connectivity index (χ2v) is 6.44. The quantitative estimate of drug-likeness (QED) is 0.709. The standard InChI is InChI=1S/C18H17ClN6O/c19-16-3-1-2-4-17(16)23-9-11-24(12-10-23)18(26)14-5-7-15(8-6-14)25-13-20-21-22-25/h1-8,13H,9-12H2. The number of aromatic nitrogens is 4. The highest BCUT2D eigenvalue weighted by Crippen LogP contribution is 2.26. The fourth-order valence-electron chi connectivity index (χ4n) is 3.08. The van der Waals surface area contributed by atoms with E-state index in [0.29, 0.717) is 18.7 Å². The number of carbonyl (C=O) groups excluding carboxylic acids is 1. The molecule has 8 heteroatoms. The van der Waals surface area contributed by atoms with Crippen LogP contribution in [-0.2, 0) is 0 Å². The van der Waals surface area contributed by atoms with E-state index in [0.717, 1.165) is 29.5 Å². The number of tetrazole rings is 1. The van der Waals surface area contributed by atoms with Crippen LogP contribution in [0.4, 0.5) is 5.69 Å². The van der Waals surface area contributed by atoms with Crippen LogP contribution < -0.4 is 4.90 Å². The third kappa shape index (κ3) is 3.25. The zero-order valence-electron chi connectivity index (χ0n) is 14.0. The van der Waals surface area contributed by atoms with E-state index in [-0.39, 0.29) is 5.91 Å². The summed E-state index contributed by atoms with van der Waals surface area (Å²) in [4.78, 5) is 16.8. The van der Waals surface area contributed by atoms with Gasteiger partial charge in [0, 0.05) is 31.7 Å². The molecular weight excluding hydrogens is 352 g/mol.